The van der Waals surface area contributed by atoms with Gasteiger partial charge in [-0.1, -0.05) is 6.07 Å². The molecule has 7 heteroatoms. The molecule has 0 bridgehead atoms. The van der Waals surface area contributed by atoms with Crippen molar-refractivity contribution < 1.29 is 8.42 Å². The zero-order valence-electron chi connectivity index (χ0n) is 10.3. The van der Waals surface area contributed by atoms with Crippen molar-refractivity contribution in [2.45, 2.75) is 17.5 Å². The third kappa shape index (κ3) is 3.33. The van der Waals surface area contributed by atoms with Crippen LogP contribution in [0.15, 0.2) is 40.2 Å². The molecule has 0 spiro atoms. The molecule has 0 aliphatic heterocycles. The molecule has 0 radical (unpaired) electrons. The predicted octanol–water partition coefficient (Wildman–Crippen LogP) is 2.70. The van der Waals surface area contributed by atoms with Crippen molar-refractivity contribution in [3.05, 3.63) is 46.3 Å². The lowest BCUT2D eigenvalue weighted by molar-refractivity contribution is 0.464. The van der Waals surface area contributed by atoms with Crippen LogP contribution >= 0.6 is 22.9 Å². The maximum Gasteiger partial charge on any atom is 0.260 e. The first-order valence-corrected chi connectivity index (χ1v) is 8.44. The van der Waals surface area contributed by atoms with Gasteiger partial charge in [0.15, 0.2) is 5.03 Å². The minimum absolute atomic E-state index is 0.0408. The van der Waals surface area contributed by atoms with Crippen molar-refractivity contribution in [2.24, 2.45) is 0 Å². The van der Waals surface area contributed by atoms with E-state index in [0.29, 0.717) is 12.4 Å². The number of aromatic nitrogens is 1. The van der Waals surface area contributed by atoms with Gasteiger partial charge in [0, 0.05) is 25.7 Å². The molecule has 0 fully saturated rings. The minimum atomic E-state index is -3.56. The van der Waals surface area contributed by atoms with Crippen LogP contribution in [0, 0.1) is 0 Å². The van der Waals surface area contributed by atoms with Gasteiger partial charge < -0.3 is 0 Å². The van der Waals surface area contributed by atoms with Crippen LogP contribution in [0.3, 0.4) is 0 Å². The van der Waals surface area contributed by atoms with Gasteiger partial charge in [0.1, 0.15) is 0 Å². The molecule has 2 rings (SSSR count). The van der Waals surface area contributed by atoms with E-state index in [1.54, 1.807) is 24.5 Å². The van der Waals surface area contributed by atoms with E-state index in [4.69, 9.17) is 11.6 Å². The first kappa shape index (κ1) is 14.5. The summed E-state index contributed by atoms with van der Waals surface area (Å²) in [5.41, 5.74) is 1.76. The summed E-state index contributed by atoms with van der Waals surface area (Å²) in [6.45, 7) is 0.338. The SMILES string of the molecule is CN(Cc1ccsc1)S(=O)(=O)c1ccc(CCl)cn1. The molecule has 0 unspecified atom stereocenters. The van der Waals surface area contributed by atoms with E-state index in [0.717, 1.165) is 11.1 Å². The lowest BCUT2D eigenvalue weighted by atomic mass is 10.3. The largest absolute Gasteiger partial charge is 0.260 e. The number of thiophene rings is 1. The maximum atomic E-state index is 12.3. The highest BCUT2D eigenvalue weighted by Gasteiger charge is 2.22. The fourth-order valence-electron chi connectivity index (χ4n) is 1.53. The lowest BCUT2D eigenvalue weighted by Gasteiger charge is -2.15. The zero-order valence-corrected chi connectivity index (χ0v) is 12.7. The first-order valence-electron chi connectivity index (χ1n) is 5.52. The fourth-order valence-corrected chi connectivity index (χ4v) is 3.41. The Balaban J connectivity index is 2.20. The van der Waals surface area contributed by atoms with E-state index < -0.39 is 10.0 Å². The van der Waals surface area contributed by atoms with Crippen molar-refractivity contribution in [3.63, 3.8) is 0 Å². The summed E-state index contributed by atoms with van der Waals surface area (Å²) in [6, 6.07) is 5.06. The van der Waals surface area contributed by atoms with Gasteiger partial charge in [-0.2, -0.15) is 15.6 Å². The molecule has 0 saturated heterocycles. The van der Waals surface area contributed by atoms with E-state index in [-0.39, 0.29) is 5.03 Å². The molecule has 2 aromatic rings. The number of hydrogen-bond donors (Lipinski definition) is 0. The standard InChI is InChI=1S/C12H13ClN2O2S2/c1-15(8-11-4-5-18-9-11)19(16,17)12-3-2-10(6-13)7-14-12/h2-5,7,9H,6,8H2,1H3. The molecule has 0 aliphatic rings. The Kier molecular flexibility index (Phi) is 4.57. The summed E-state index contributed by atoms with van der Waals surface area (Å²) in [5.74, 6) is 0.318. The Labute approximate surface area is 121 Å². The van der Waals surface area contributed by atoms with E-state index in [1.807, 2.05) is 16.8 Å². The Hall–Kier alpha value is -0.950. The third-order valence-electron chi connectivity index (χ3n) is 2.61. The lowest BCUT2D eigenvalue weighted by Crippen LogP contribution is -2.27. The van der Waals surface area contributed by atoms with Gasteiger partial charge in [-0.15, -0.1) is 11.6 Å². The average molecular weight is 317 g/mol. The molecular weight excluding hydrogens is 304 g/mol. The molecule has 102 valence electrons. The monoisotopic (exact) mass is 316 g/mol. The Bertz CT molecular complexity index is 624. The number of alkyl halides is 1. The molecule has 0 saturated carbocycles. The second kappa shape index (κ2) is 6.00. The molecule has 0 amide bonds. The summed E-state index contributed by atoms with van der Waals surface area (Å²) in [5, 5.41) is 3.89. The van der Waals surface area contributed by atoms with Crippen LogP contribution in [0.2, 0.25) is 0 Å². The predicted molar refractivity (Wildman–Crippen MR) is 76.8 cm³/mol. The summed E-state index contributed by atoms with van der Waals surface area (Å²) in [6.07, 6.45) is 1.48. The van der Waals surface area contributed by atoms with E-state index >= 15 is 0 Å². The molecule has 0 aliphatic carbocycles. The maximum absolute atomic E-state index is 12.3. The number of nitrogens with zero attached hydrogens (tertiary/aromatic N) is 2. The third-order valence-corrected chi connectivity index (χ3v) is 5.37. The number of rotatable bonds is 5. The second-order valence-corrected chi connectivity index (χ2v) is 7.07. The van der Waals surface area contributed by atoms with E-state index in [1.165, 1.54) is 16.6 Å². The normalized spacial score (nSPS) is 11.9. The van der Waals surface area contributed by atoms with Crippen LogP contribution in [0.5, 0.6) is 0 Å². The van der Waals surface area contributed by atoms with Crippen molar-refractivity contribution in [2.75, 3.05) is 7.05 Å². The second-order valence-electron chi connectivity index (χ2n) is 4.03. The number of halogens is 1. The van der Waals surface area contributed by atoms with Gasteiger partial charge in [0.2, 0.25) is 0 Å². The van der Waals surface area contributed by atoms with Crippen LogP contribution in [-0.4, -0.2) is 24.8 Å². The van der Waals surface area contributed by atoms with Crippen LogP contribution in [0.1, 0.15) is 11.1 Å². The fraction of sp³-hybridized carbons (Fsp3) is 0.250. The highest BCUT2D eigenvalue weighted by molar-refractivity contribution is 7.89. The van der Waals surface area contributed by atoms with Gasteiger partial charge >= 0.3 is 0 Å². The van der Waals surface area contributed by atoms with Gasteiger partial charge in [-0.05, 0) is 34.0 Å². The molecule has 0 aromatic carbocycles. The Morgan fingerprint density at radius 2 is 2.11 bits per heavy atom. The van der Waals surface area contributed by atoms with Crippen LogP contribution in [0.4, 0.5) is 0 Å². The van der Waals surface area contributed by atoms with Crippen LogP contribution in [0.25, 0.3) is 0 Å². The van der Waals surface area contributed by atoms with Crippen molar-refractivity contribution >= 4 is 33.0 Å². The van der Waals surface area contributed by atoms with Gasteiger partial charge in [0.25, 0.3) is 10.0 Å². The topological polar surface area (TPSA) is 50.3 Å². The van der Waals surface area contributed by atoms with Gasteiger partial charge in [0.05, 0.1) is 0 Å². The molecule has 19 heavy (non-hydrogen) atoms. The van der Waals surface area contributed by atoms with Crippen molar-refractivity contribution in [3.8, 4) is 0 Å². The van der Waals surface area contributed by atoms with Crippen LogP contribution in [-0.2, 0) is 22.4 Å². The average Bonchev–Trinajstić information content (AvgIpc) is 2.91. The summed E-state index contributed by atoms with van der Waals surface area (Å²) >= 11 is 7.19. The van der Waals surface area contributed by atoms with Crippen LogP contribution < -0.4 is 0 Å². The highest BCUT2D eigenvalue weighted by atomic mass is 35.5. The van der Waals surface area contributed by atoms with Gasteiger partial charge in [-0.3, -0.25) is 0 Å². The highest BCUT2D eigenvalue weighted by Crippen LogP contribution is 2.16. The van der Waals surface area contributed by atoms with Crippen molar-refractivity contribution in [1.29, 1.82) is 0 Å². The summed E-state index contributed by atoms with van der Waals surface area (Å²) in [4.78, 5) is 3.96. The summed E-state index contributed by atoms with van der Waals surface area (Å²) in [7, 11) is -2.01. The molecule has 2 heterocycles. The molecule has 4 nitrogen and oxygen atoms in total. The molecule has 0 atom stereocenters. The smallest absolute Gasteiger partial charge is 0.243 e. The first-order chi connectivity index (χ1) is 9.04. The van der Waals surface area contributed by atoms with Crippen molar-refractivity contribution in [1.82, 2.24) is 9.29 Å². The quantitative estimate of drug-likeness (QED) is 0.797. The Morgan fingerprint density at radius 1 is 1.32 bits per heavy atom. The van der Waals surface area contributed by atoms with Gasteiger partial charge in [-0.25, -0.2) is 13.4 Å². The zero-order chi connectivity index (χ0) is 13.9. The molecular formula is C12H13ClN2O2S2. The molecule has 0 N–H and O–H groups in total. The molecule has 2 aromatic heterocycles. The summed E-state index contributed by atoms with van der Waals surface area (Å²) < 4.78 is 25.9. The number of pyridine rings is 1. The van der Waals surface area contributed by atoms with E-state index in [2.05, 4.69) is 4.98 Å². The number of hydrogen-bond acceptors (Lipinski definition) is 4. The number of sulfonamides is 1. The Morgan fingerprint density at radius 3 is 2.63 bits per heavy atom. The van der Waals surface area contributed by atoms with E-state index in [9.17, 15) is 8.42 Å². The minimum Gasteiger partial charge on any atom is -0.243 e.